The second-order valence-electron chi connectivity index (χ2n) is 8.64. The van der Waals surface area contributed by atoms with E-state index >= 15 is 0 Å². The standard InChI is InChI=1S/C26H22O/c27-25-14-20-13-24-19(7-4-8-23(24)18-5-2-1-3-6-18)12-21(20)16-26(25)15-17-9-10-22(26)11-17/h1-10,12-13,17,22H,11,14-16H2. The number of ketones is 1. The van der Waals surface area contributed by atoms with Gasteiger partial charge in [-0.05, 0) is 70.2 Å². The molecule has 1 nitrogen and oxygen atoms in total. The van der Waals surface area contributed by atoms with E-state index in [2.05, 4.69) is 72.8 Å². The van der Waals surface area contributed by atoms with Gasteiger partial charge in [-0.15, -0.1) is 0 Å². The lowest BCUT2D eigenvalue weighted by atomic mass is 9.63. The largest absolute Gasteiger partial charge is 0.299 e. The van der Waals surface area contributed by atoms with Crippen LogP contribution in [0.4, 0.5) is 0 Å². The Morgan fingerprint density at radius 2 is 1.78 bits per heavy atom. The van der Waals surface area contributed by atoms with Crippen molar-refractivity contribution in [2.24, 2.45) is 17.3 Å². The Labute approximate surface area is 159 Å². The van der Waals surface area contributed by atoms with Crippen molar-refractivity contribution in [3.8, 4) is 11.1 Å². The first kappa shape index (κ1) is 15.4. The van der Waals surface area contributed by atoms with Crippen LogP contribution in [0.3, 0.4) is 0 Å². The van der Waals surface area contributed by atoms with E-state index in [0.29, 0.717) is 24.0 Å². The number of hydrogen-bond acceptors (Lipinski definition) is 1. The molecule has 2 bridgehead atoms. The van der Waals surface area contributed by atoms with Gasteiger partial charge in [-0.1, -0.05) is 66.7 Å². The molecule has 3 aliphatic rings. The second kappa shape index (κ2) is 5.42. The summed E-state index contributed by atoms with van der Waals surface area (Å²) in [6.07, 6.45) is 8.45. The lowest BCUT2D eigenvalue weighted by molar-refractivity contribution is -0.130. The van der Waals surface area contributed by atoms with Crippen molar-refractivity contribution in [3.63, 3.8) is 0 Å². The van der Waals surface area contributed by atoms with Gasteiger partial charge in [-0.25, -0.2) is 0 Å². The molecule has 0 N–H and O–H groups in total. The lowest BCUT2D eigenvalue weighted by Crippen LogP contribution is -2.41. The van der Waals surface area contributed by atoms with Gasteiger partial charge in [0.2, 0.25) is 0 Å². The van der Waals surface area contributed by atoms with Gasteiger partial charge < -0.3 is 0 Å². The zero-order valence-electron chi connectivity index (χ0n) is 15.3. The van der Waals surface area contributed by atoms with E-state index in [1.54, 1.807) is 0 Å². The Hall–Kier alpha value is -2.67. The summed E-state index contributed by atoms with van der Waals surface area (Å²) in [5.41, 5.74) is 5.02. The third kappa shape index (κ3) is 2.15. The Morgan fingerprint density at radius 3 is 2.56 bits per heavy atom. The van der Waals surface area contributed by atoms with Crippen molar-refractivity contribution in [2.75, 3.05) is 0 Å². The van der Waals surface area contributed by atoms with E-state index in [1.807, 2.05) is 0 Å². The summed E-state index contributed by atoms with van der Waals surface area (Å²) >= 11 is 0. The third-order valence-corrected chi connectivity index (χ3v) is 7.21. The monoisotopic (exact) mass is 350 g/mol. The first-order valence-electron chi connectivity index (χ1n) is 10.0. The van der Waals surface area contributed by atoms with E-state index in [9.17, 15) is 4.79 Å². The molecule has 3 aromatic carbocycles. The van der Waals surface area contributed by atoms with Gasteiger partial charge in [-0.3, -0.25) is 4.79 Å². The molecule has 0 saturated heterocycles. The molecule has 0 aliphatic heterocycles. The van der Waals surface area contributed by atoms with Gasteiger partial charge in [-0.2, -0.15) is 0 Å². The van der Waals surface area contributed by atoms with E-state index in [0.717, 1.165) is 12.8 Å². The summed E-state index contributed by atoms with van der Waals surface area (Å²) in [5, 5.41) is 2.55. The Morgan fingerprint density at radius 1 is 0.889 bits per heavy atom. The molecular weight excluding hydrogens is 328 g/mol. The number of rotatable bonds is 1. The molecular formula is C26H22O. The molecule has 1 heteroatoms. The van der Waals surface area contributed by atoms with Crippen LogP contribution in [0.5, 0.6) is 0 Å². The van der Waals surface area contributed by atoms with Crippen molar-refractivity contribution in [1.29, 1.82) is 0 Å². The summed E-state index contributed by atoms with van der Waals surface area (Å²) in [4.78, 5) is 13.2. The van der Waals surface area contributed by atoms with Crippen LogP contribution in [0.2, 0.25) is 0 Å². The van der Waals surface area contributed by atoms with Crippen molar-refractivity contribution in [1.82, 2.24) is 0 Å². The molecule has 1 spiro atoms. The number of allylic oxidation sites excluding steroid dienone is 2. The molecule has 6 rings (SSSR count). The van der Waals surface area contributed by atoms with E-state index < -0.39 is 0 Å². The Kier molecular flexibility index (Phi) is 3.09. The van der Waals surface area contributed by atoms with E-state index in [4.69, 9.17) is 0 Å². The van der Waals surface area contributed by atoms with E-state index in [-0.39, 0.29) is 5.41 Å². The number of fused-ring (bicyclic) bond motifs is 5. The fourth-order valence-corrected chi connectivity index (χ4v) is 5.88. The van der Waals surface area contributed by atoms with Crippen LogP contribution in [0.15, 0.2) is 72.8 Å². The normalized spacial score (nSPS) is 28.2. The fourth-order valence-electron chi connectivity index (χ4n) is 5.88. The highest BCUT2D eigenvalue weighted by atomic mass is 16.1. The van der Waals surface area contributed by atoms with Crippen LogP contribution < -0.4 is 0 Å². The molecule has 3 aromatic rings. The zero-order chi connectivity index (χ0) is 18.0. The maximum absolute atomic E-state index is 13.2. The molecule has 3 unspecified atom stereocenters. The van der Waals surface area contributed by atoms with Crippen molar-refractivity contribution in [3.05, 3.63) is 83.9 Å². The number of benzene rings is 3. The molecule has 0 heterocycles. The van der Waals surface area contributed by atoms with Gasteiger partial charge in [0.25, 0.3) is 0 Å². The predicted molar refractivity (Wildman–Crippen MR) is 110 cm³/mol. The molecule has 3 atom stereocenters. The molecule has 132 valence electrons. The average Bonchev–Trinajstić information content (AvgIpc) is 3.30. The van der Waals surface area contributed by atoms with Crippen LogP contribution in [0.1, 0.15) is 24.0 Å². The summed E-state index contributed by atoms with van der Waals surface area (Å²) in [6, 6.07) is 21.8. The van der Waals surface area contributed by atoms with Gasteiger partial charge in [0, 0.05) is 11.8 Å². The van der Waals surface area contributed by atoms with Gasteiger partial charge in [0.05, 0.1) is 0 Å². The molecule has 3 aliphatic carbocycles. The highest BCUT2D eigenvalue weighted by Crippen LogP contribution is 2.56. The summed E-state index contributed by atoms with van der Waals surface area (Å²) < 4.78 is 0. The Bertz CT molecular complexity index is 1110. The first-order valence-corrected chi connectivity index (χ1v) is 10.0. The smallest absolute Gasteiger partial charge is 0.144 e. The van der Waals surface area contributed by atoms with Gasteiger partial charge >= 0.3 is 0 Å². The molecule has 1 fully saturated rings. The topological polar surface area (TPSA) is 17.1 Å². The first-order chi connectivity index (χ1) is 13.2. The minimum absolute atomic E-state index is 0.114. The summed E-state index contributed by atoms with van der Waals surface area (Å²) in [7, 11) is 0. The summed E-state index contributed by atoms with van der Waals surface area (Å²) in [5.74, 6) is 1.57. The summed E-state index contributed by atoms with van der Waals surface area (Å²) in [6.45, 7) is 0. The SMILES string of the molecule is O=C1Cc2cc3c(-c4ccccc4)cccc3cc2CC12CC1C=CC2C1. The average molecular weight is 350 g/mol. The van der Waals surface area contributed by atoms with Crippen LogP contribution in [-0.4, -0.2) is 5.78 Å². The second-order valence-corrected chi connectivity index (χ2v) is 8.64. The van der Waals surface area contributed by atoms with Gasteiger partial charge in [0.1, 0.15) is 5.78 Å². The zero-order valence-corrected chi connectivity index (χ0v) is 15.3. The quantitative estimate of drug-likeness (QED) is 0.510. The minimum Gasteiger partial charge on any atom is -0.299 e. The molecule has 0 radical (unpaired) electrons. The molecule has 1 saturated carbocycles. The highest BCUT2D eigenvalue weighted by Gasteiger charge is 2.54. The maximum Gasteiger partial charge on any atom is 0.144 e. The predicted octanol–water partition coefficient (Wildman–Crippen LogP) is 5.76. The fraction of sp³-hybridized carbons (Fsp3) is 0.269. The molecule has 0 aromatic heterocycles. The molecule has 0 amide bonds. The Balaban J connectivity index is 1.50. The molecule has 27 heavy (non-hydrogen) atoms. The van der Waals surface area contributed by atoms with Crippen molar-refractivity contribution in [2.45, 2.75) is 25.7 Å². The van der Waals surface area contributed by atoms with Gasteiger partial charge in [0.15, 0.2) is 0 Å². The highest BCUT2D eigenvalue weighted by molar-refractivity contribution is 5.99. The number of carbonyl (C=O) groups excluding carboxylic acids is 1. The van der Waals surface area contributed by atoms with E-state index in [1.165, 1.54) is 39.4 Å². The lowest BCUT2D eigenvalue weighted by Gasteiger charge is -2.38. The van der Waals surface area contributed by atoms with Crippen molar-refractivity contribution < 1.29 is 4.79 Å². The maximum atomic E-state index is 13.2. The number of hydrogen-bond donors (Lipinski definition) is 0. The van der Waals surface area contributed by atoms with Crippen LogP contribution in [-0.2, 0) is 17.6 Å². The number of carbonyl (C=O) groups is 1. The number of Topliss-reactive ketones (excluding diaryl/α,β-unsaturated/α-hetero) is 1. The van der Waals surface area contributed by atoms with Crippen molar-refractivity contribution >= 4 is 16.6 Å². The van der Waals surface area contributed by atoms with Crippen LogP contribution >= 0.6 is 0 Å². The van der Waals surface area contributed by atoms with Crippen LogP contribution in [0, 0.1) is 17.3 Å². The minimum atomic E-state index is -0.114. The van der Waals surface area contributed by atoms with Crippen LogP contribution in [0.25, 0.3) is 21.9 Å². The third-order valence-electron chi connectivity index (χ3n) is 7.21.